The van der Waals surface area contributed by atoms with Crippen LogP contribution in [0.4, 0.5) is 0 Å². The lowest BCUT2D eigenvalue weighted by Crippen LogP contribution is -2.34. The quantitative estimate of drug-likeness (QED) is 0.606. The summed E-state index contributed by atoms with van der Waals surface area (Å²) in [4.78, 5) is 10.6. The van der Waals surface area contributed by atoms with Crippen LogP contribution in [0, 0.1) is 5.92 Å². The zero-order valence-electron chi connectivity index (χ0n) is 10.6. The molecule has 3 heteroatoms. The minimum Gasteiger partial charge on any atom is -0.355 e. The Morgan fingerprint density at radius 3 is 2.33 bits per heavy atom. The van der Waals surface area contributed by atoms with Gasteiger partial charge in [0.2, 0.25) is 5.91 Å². The first-order valence-corrected chi connectivity index (χ1v) is 6.00. The number of carbonyl (C=O) groups excluding carboxylic acids is 1. The summed E-state index contributed by atoms with van der Waals surface area (Å²) in [6.07, 6.45) is 3.81. The largest absolute Gasteiger partial charge is 0.355 e. The van der Waals surface area contributed by atoms with Crippen molar-refractivity contribution >= 4 is 5.91 Å². The fourth-order valence-electron chi connectivity index (χ4n) is 1.49. The molecule has 0 heterocycles. The normalized spacial score (nSPS) is 12.9. The highest BCUT2D eigenvalue weighted by molar-refractivity contribution is 5.72. The van der Waals surface area contributed by atoms with Crippen LogP contribution in [-0.4, -0.2) is 25.0 Å². The maximum absolute atomic E-state index is 10.6. The molecule has 0 spiro atoms. The number of hydrogen-bond donors (Lipinski definition) is 2. The van der Waals surface area contributed by atoms with Gasteiger partial charge in [-0.1, -0.05) is 26.7 Å². The third-order valence-corrected chi connectivity index (χ3v) is 2.41. The number of hydrogen-bond acceptors (Lipinski definition) is 2. The first kappa shape index (κ1) is 14.4. The van der Waals surface area contributed by atoms with Gasteiger partial charge in [-0.3, -0.25) is 4.79 Å². The highest BCUT2D eigenvalue weighted by atomic mass is 16.1. The molecule has 0 bridgehead atoms. The van der Waals surface area contributed by atoms with E-state index in [4.69, 9.17) is 0 Å². The van der Waals surface area contributed by atoms with Crippen LogP contribution in [0.25, 0.3) is 0 Å². The molecule has 3 nitrogen and oxygen atoms in total. The zero-order valence-corrected chi connectivity index (χ0v) is 10.6. The van der Waals surface area contributed by atoms with Gasteiger partial charge in [-0.25, -0.2) is 0 Å². The minimum absolute atomic E-state index is 0.0456. The Bertz CT molecular complexity index is 169. The molecule has 1 amide bonds. The fourth-order valence-corrected chi connectivity index (χ4v) is 1.49. The van der Waals surface area contributed by atoms with Crippen molar-refractivity contribution in [3.63, 3.8) is 0 Å². The standard InChI is InChI=1S/C12H26N2O/c1-10(2)6-5-7-11(3)13-8-9-14-12(4)15/h10-11,13H,5-9H2,1-4H3,(H,14,15). The molecule has 1 unspecified atom stereocenters. The molecule has 2 N–H and O–H groups in total. The van der Waals surface area contributed by atoms with Crippen molar-refractivity contribution in [3.05, 3.63) is 0 Å². The second-order valence-electron chi connectivity index (χ2n) is 4.66. The van der Waals surface area contributed by atoms with Gasteiger partial charge in [0.05, 0.1) is 0 Å². The first-order valence-electron chi connectivity index (χ1n) is 6.00. The van der Waals surface area contributed by atoms with Crippen molar-refractivity contribution in [2.75, 3.05) is 13.1 Å². The smallest absolute Gasteiger partial charge is 0.216 e. The molecule has 0 rings (SSSR count). The highest BCUT2D eigenvalue weighted by Crippen LogP contribution is 2.07. The molecule has 0 aliphatic rings. The molecule has 0 aliphatic heterocycles. The Hall–Kier alpha value is -0.570. The average Bonchev–Trinajstić information content (AvgIpc) is 2.11. The summed E-state index contributed by atoms with van der Waals surface area (Å²) in [7, 11) is 0. The summed E-state index contributed by atoms with van der Waals surface area (Å²) >= 11 is 0. The molecule has 0 aromatic carbocycles. The second-order valence-corrected chi connectivity index (χ2v) is 4.66. The van der Waals surface area contributed by atoms with E-state index in [1.54, 1.807) is 6.92 Å². The molecule has 0 aromatic heterocycles. The Morgan fingerprint density at radius 1 is 1.13 bits per heavy atom. The third kappa shape index (κ3) is 11.4. The molecule has 0 aromatic rings. The summed E-state index contributed by atoms with van der Waals surface area (Å²) in [6.45, 7) is 9.86. The number of amides is 1. The van der Waals surface area contributed by atoms with Gasteiger partial charge < -0.3 is 10.6 Å². The van der Waals surface area contributed by atoms with E-state index >= 15 is 0 Å². The first-order chi connectivity index (χ1) is 7.02. The van der Waals surface area contributed by atoms with Gasteiger partial charge in [0.1, 0.15) is 0 Å². The van der Waals surface area contributed by atoms with Gasteiger partial charge in [0, 0.05) is 26.1 Å². The van der Waals surface area contributed by atoms with Crippen molar-refractivity contribution < 1.29 is 4.79 Å². The summed E-state index contributed by atoms with van der Waals surface area (Å²) in [6, 6.07) is 0.553. The van der Waals surface area contributed by atoms with E-state index in [1.807, 2.05) is 0 Å². The van der Waals surface area contributed by atoms with Gasteiger partial charge in [-0.15, -0.1) is 0 Å². The topological polar surface area (TPSA) is 41.1 Å². The van der Waals surface area contributed by atoms with E-state index in [0.29, 0.717) is 6.04 Å². The van der Waals surface area contributed by atoms with Crippen molar-refractivity contribution in [3.8, 4) is 0 Å². The summed E-state index contributed by atoms with van der Waals surface area (Å²) in [5.41, 5.74) is 0. The van der Waals surface area contributed by atoms with E-state index < -0.39 is 0 Å². The molecule has 0 radical (unpaired) electrons. The van der Waals surface area contributed by atoms with Crippen LogP contribution < -0.4 is 10.6 Å². The monoisotopic (exact) mass is 214 g/mol. The van der Waals surface area contributed by atoms with Crippen LogP contribution in [0.3, 0.4) is 0 Å². The van der Waals surface area contributed by atoms with Crippen LogP contribution in [0.1, 0.15) is 47.0 Å². The van der Waals surface area contributed by atoms with Crippen LogP contribution in [0.5, 0.6) is 0 Å². The van der Waals surface area contributed by atoms with Crippen LogP contribution >= 0.6 is 0 Å². The van der Waals surface area contributed by atoms with Crippen LogP contribution in [0.2, 0.25) is 0 Å². The lowest BCUT2D eigenvalue weighted by molar-refractivity contribution is -0.118. The Morgan fingerprint density at radius 2 is 1.80 bits per heavy atom. The maximum atomic E-state index is 10.6. The molecule has 90 valence electrons. The third-order valence-electron chi connectivity index (χ3n) is 2.41. The van der Waals surface area contributed by atoms with Gasteiger partial charge in [0.25, 0.3) is 0 Å². The van der Waals surface area contributed by atoms with Crippen LogP contribution in [-0.2, 0) is 4.79 Å². The van der Waals surface area contributed by atoms with Crippen molar-refractivity contribution in [2.45, 2.75) is 53.0 Å². The Balaban J connectivity index is 3.25. The van der Waals surface area contributed by atoms with E-state index in [9.17, 15) is 4.79 Å². The molecular formula is C12H26N2O. The van der Waals surface area contributed by atoms with Crippen molar-refractivity contribution in [1.82, 2.24) is 10.6 Å². The van der Waals surface area contributed by atoms with Gasteiger partial charge in [-0.2, -0.15) is 0 Å². The number of rotatable bonds is 8. The van der Waals surface area contributed by atoms with Crippen molar-refractivity contribution in [1.29, 1.82) is 0 Å². The minimum atomic E-state index is 0.0456. The predicted molar refractivity (Wildman–Crippen MR) is 64.8 cm³/mol. The van der Waals surface area contributed by atoms with Crippen molar-refractivity contribution in [2.24, 2.45) is 5.92 Å². The van der Waals surface area contributed by atoms with E-state index in [2.05, 4.69) is 31.4 Å². The molecule has 1 atom stereocenters. The molecule has 0 fully saturated rings. The average molecular weight is 214 g/mol. The van der Waals surface area contributed by atoms with Gasteiger partial charge in [-0.05, 0) is 19.3 Å². The molecule has 0 saturated heterocycles. The summed E-state index contributed by atoms with van der Waals surface area (Å²) in [5, 5.41) is 6.17. The molecule has 0 aliphatic carbocycles. The highest BCUT2D eigenvalue weighted by Gasteiger charge is 2.01. The Kier molecular flexibility index (Phi) is 8.38. The summed E-state index contributed by atoms with van der Waals surface area (Å²) < 4.78 is 0. The molecule has 15 heavy (non-hydrogen) atoms. The second kappa shape index (κ2) is 8.72. The zero-order chi connectivity index (χ0) is 11.7. The fraction of sp³-hybridized carbons (Fsp3) is 0.917. The molecular weight excluding hydrogens is 188 g/mol. The predicted octanol–water partition coefficient (Wildman–Crippen LogP) is 1.93. The van der Waals surface area contributed by atoms with Crippen LogP contribution in [0.15, 0.2) is 0 Å². The number of carbonyl (C=O) groups is 1. The number of nitrogens with one attached hydrogen (secondary N) is 2. The van der Waals surface area contributed by atoms with Gasteiger partial charge >= 0.3 is 0 Å². The Labute approximate surface area is 94.0 Å². The van der Waals surface area contributed by atoms with Gasteiger partial charge in [0.15, 0.2) is 0 Å². The molecule has 0 saturated carbocycles. The summed E-state index contributed by atoms with van der Waals surface area (Å²) in [5.74, 6) is 0.848. The lowest BCUT2D eigenvalue weighted by Gasteiger charge is -2.14. The SMILES string of the molecule is CC(=O)NCCNC(C)CCCC(C)C. The van der Waals surface area contributed by atoms with E-state index in [0.717, 1.165) is 19.0 Å². The lowest BCUT2D eigenvalue weighted by atomic mass is 10.0. The van der Waals surface area contributed by atoms with E-state index in [1.165, 1.54) is 19.3 Å². The maximum Gasteiger partial charge on any atom is 0.216 e. The van der Waals surface area contributed by atoms with E-state index in [-0.39, 0.29) is 5.91 Å².